The molecular weight excluding hydrogens is 150 g/mol. The van der Waals surface area contributed by atoms with E-state index in [0.29, 0.717) is 12.6 Å². The number of hydrogen-bond donors (Lipinski definition) is 1. The Kier molecular flexibility index (Phi) is 4.33. The van der Waals surface area contributed by atoms with Gasteiger partial charge in [-0.1, -0.05) is 13.0 Å². The highest BCUT2D eigenvalue weighted by Gasteiger charge is 2.17. The van der Waals surface area contributed by atoms with Crippen LogP contribution < -0.4 is 5.32 Å². The topological polar surface area (TPSA) is 21.3 Å². The minimum absolute atomic E-state index is 0.564. The Labute approximate surface area is 75.0 Å². The number of hydrogen-bond acceptors (Lipinski definition) is 2. The summed E-state index contributed by atoms with van der Waals surface area (Å²) >= 11 is 0. The maximum absolute atomic E-state index is 5.39. The molecule has 70 valence electrons. The quantitative estimate of drug-likeness (QED) is 0.509. The minimum atomic E-state index is 0.564. The number of piperidine rings is 1. The van der Waals surface area contributed by atoms with Crippen molar-refractivity contribution in [1.29, 1.82) is 0 Å². The molecule has 1 aliphatic rings. The van der Waals surface area contributed by atoms with Crippen LogP contribution >= 0.6 is 0 Å². The lowest BCUT2D eigenvalue weighted by molar-refractivity contribution is 0.117. The molecule has 0 radical (unpaired) electrons. The molecule has 0 aliphatic carbocycles. The molecule has 2 heteroatoms. The van der Waals surface area contributed by atoms with E-state index in [9.17, 15) is 0 Å². The van der Waals surface area contributed by atoms with E-state index in [4.69, 9.17) is 4.74 Å². The lowest BCUT2D eigenvalue weighted by Gasteiger charge is -2.27. The van der Waals surface area contributed by atoms with Gasteiger partial charge in [0.25, 0.3) is 0 Å². The zero-order valence-electron chi connectivity index (χ0n) is 7.88. The fourth-order valence-electron chi connectivity index (χ4n) is 1.64. The third-order valence-electron chi connectivity index (χ3n) is 2.31. The van der Waals surface area contributed by atoms with Crippen molar-refractivity contribution in [3.8, 4) is 0 Å². The van der Waals surface area contributed by atoms with Crippen LogP contribution in [0.1, 0.15) is 19.8 Å². The van der Waals surface area contributed by atoms with Gasteiger partial charge in [0.2, 0.25) is 0 Å². The highest BCUT2D eigenvalue weighted by atomic mass is 16.5. The molecule has 0 aromatic rings. The van der Waals surface area contributed by atoms with Gasteiger partial charge in [0.05, 0.1) is 13.2 Å². The van der Waals surface area contributed by atoms with E-state index in [1.165, 1.54) is 12.8 Å². The number of rotatable bonds is 4. The summed E-state index contributed by atoms with van der Waals surface area (Å²) in [6, 6.07) is 0.564. The van der Waals surface area contributed by atoms with Crippen LogP contribution in [-0.4, -0.2) is 25.8 Å². The summed E-state index contributed by atoms with van der Waals surface area (Å²) in [4.78, 5) is 0. The van der Waals surface area contributed by atoms with Crippen LogP contribution in [0.3, 0.4) is 0 Å². The number of nitrogens with one attached hydrogen (secondary N) is 1. The maximum atomic E-state index is 5.39. The average Bonchev–Trinajstić information content (AvgIpc) is 2.05. The average molecular weight is 169 g/mol. The Bertz CT molecular complexity index is 136. The Hall–Kier alpha value is -0.340. The smallest absolute Gasteiger partial charge is 0.0645 e. The fourth-order valence-corrected chi connectivity index (χ4v) is 1.64. The van der Waals surface area contributed by atoms with Crippen LogP contribution in [0.5, 0.6) is 0 Å². The van der Waals surface area contributed by atoms with E-state index in [2.05, 4.69) is 18.8 Å². The fraction of sp³-hybridized carbons (Fsp3) is 0.800. The van der Waals surface area contributed by atoms with E-state index in [1.807, 2.05) is 0 Å². The zero-order valence-corrected chi connectivity index (χ0v) is 7.88. The largest absolute Gasteiger partial charge is 0.376 e. The van der Waals surface area contributed by atoms with Gasteiger partial charge in [-0.15, -0.1) is 6.58 Å². The van der Waals surface area contributed by atoms with E-state index in [-0.39, 0.29) is 0 Å². The summed E-state index contributed by atoms with van der Waals surface area (Å²) in [7, 11) is 0. The first-order valence-corrected chi connectivity index (χ1v) is 4.75. The molecular formula is C10H19NO. The van der Waals surface area contributed by atoms with Crippen LogP contribution in [-0.2, 0) is 4.74 Å². The van der Waals surface area contributed by atoms with Gasteiger partial charge in [-0.05, 0) is 25.3 Å². The standard InChI is InChI=1S/C10H19NO/c1-3-6-12-8-10-7-9(2)4-5-11-10/h3,9-11H,1,4-8H2,2H3. The van der Waals surface area contributed by atoms with Gasteiger partial charge < -0.3 is 10.1 Å². The van der Waals surface area contributed by atoms with Crippen molar-refractivity contribution < 1.29 is 4.74 Å². The SMILES string of the molecule is C=CCOCC1CC(C)CCN1. The van der Waals surface area contributed by atoms with Gasteiger partial charge in [0.1, 0.15) is 0 Å². The maximum Gasteiger partial charge on any atom is 0.0645 e. The Morgan fingerprint density at radius 3 is 3.17 bits per heavy atom. The lowest BCUT2D eigenvalue weighted by atomic mass is 9.95. The third-order valence-corrected chi connectivity index (χ3v) is 2.31. The van der Waals surface area contributed by atoms with Crippen molar-refractivity contribution in [1.82, 2.24) is 5.32 Å². The van der Waals surface area contributed by atoms with Gasteiger partial charge in [-0.2, -0.15) is 0 Å². The molecule has 2 unspecified atom stereocenters. The predicted molar refractivity (Wildman–Crippen MR) is 51.2 cm³/mol. The third kappa shape index (κ3) is 3.37. The summed E-state index contributed by atoms with van der Waals surface area (Å²) in [5.74, 6) is 0.851. The molecule has 0 spiro atoms. The summed E-state index contributed by atoms with van der Waals surface area (Å²) < 4.78 is 5.39. The van der Waals surface area contributed by atoms with E-state index >= 15 is 0 Å². The molecule has 1 heterocycles. The lowest BCUT2D eigenvalue weighted by Crippen LogP contribution is -2.40. The van der Waals surface area contributed by atoms with Crippen molar-refractivity contribution in [2.24, 2.45) is 5.92 Å². The molecule has 1 N–H and O–H groups in total. The molecule has 2 nitrogen and oxygen atoms in total. The summed E-state index contributed by atoms with van der Waals surface area (Å²) in [5.41, 5.74) is 0. The van der Waals surface area contributed by atoms with E-state index in [1.54, 1.807) is 6.08 Å². The van der Waals surface area contributed by atoms with Crippen LogP contribution in [0.4, 0.5) is 0 Å². The summed E-state index contributed by atoms with van der Waals surface area (Å²) in [6.07, 6.45) is 4.35. The normalized spacial score (nSPS) is 30.1. The summed E-state index contributed by atoms with van der Waals surface area (Å²) in [6.45, 7) is 8.56. The first kappa shape index (κ1) is 9.75. The van der Waals surface area contributed by atoms with E-state index in [0.717, 1.165) is 19.1 Å². The second kappa shape index (κ2) is 5.33. The molecule has 0 aromatic heterocycles. The van der Waals surface area contributed by atoms with Crippen molar-refractivity contribution in [3.05, 3.63) is 12.7 Å². The van der Waals surface area contributed by atoms with Crippen molar-refractivity contribution in [2.75, 3.05) is 19.8 Å². The molecule has 1 saturated heterocycles. The minimum Gasteiger partial charge on any atom is -0.376 e. The van der Waals surface area contributed by atoms with Crippen molar-refractivity contribution in [3.63, 3.8) is 0 Å². The Morgan fingerprint density at radius 2 is 2.50 bits per heavy atom. The molecule has 12 heavy (non-hydrogen) atoms. The molecule has 1 rings (SSSR count). The molecule has 0 aromatic carbocycles. The predicted octanol–water partition coefficient (Wildman–Crippen LogP) is 1.58. The van der Waals surface area contributed by atoms with Gasteiger partial charge in [0.15, 0.2) is 0 Å². The van der Waals surface area contributed by atoms with Crippen LogP contribution in [0.15, 0.2) is 12.7 Å². The molecule has 2 atom stereocenters. The van der Waals surface area contributed by atoms with Gasteiger partial charge in [0, 0.05) is 6.04 Å². The van der Waals surface area contributed by atoms with Crippen LogP contribution in [0.25, 0.3) is 0 Å². The first-order chi connectivity index (χ1) is 5.83. The van der Waals surface area contributed by atoms with Gasteiger partial charge >= 0.3 is 0 Å². The van der Waals surface area contributed by atoms with Crippen LogP contribution in [0, 0.1) is 5.92 Å². The molecule has 0 amide bonds. The summed E-state index contributed by atoms with van der Waals surface area (Å²) in [5, 5.41) is 3.45. The van der Waals surface area contributed by atoms with Gasteiger partial charge in [-0.3, -0.25) is 0 Å². The Morgan fingerprint density at radius 1 is 1.67 bits per heavy atom. The second-order valence-corrected chi connectivity index (χ2v) is 3.61. The van der Waals surface area contributed by atoms with Crippen molar-refractivity contribution >= 4 is 0 Å². The molecule has 0 saturated carbocycles. The molecule has 1 fully saturated rings. The highest BCUT2D eigenvalue weighted by Crippen LogP contribution is 2.14. The zero-order chi connectivity index (χ0) is 8.81. The van der Waals surface area contributed by atoms with Crippen LogP contribution in [0.2, 0.25) is 0 Å². The molecule has 0 bridgehead atoms. The Balaban J connectivity index is 2.09. The van der Waals surface area contributed by atoms with E-state index < -0.39 is 0 Å². The first-order valence-electron chi connectivity index (χ1n) is 4.75. The monoisotopic (exact) mass is 169 g/mol. The number of ether oxygens (including phenoxy) is 1. The molecule has 1 aliphatic heterocycles. The van der Waals surface area contributed by atoms with Crippen molar-refractivity contribution in [2.45, 2.75) is 25.8 Å². The highest BCUT2D eigenvalue weighted by molar-refractivity contribution is 4.76. The van der Waals surface area contributed by atoms with Gasteiger partial charge in [-0.25, -0.2) is 0 Å². The second-order valence-electron chi connectivity index (χ2n) is 3.61.